The molecule has 94 valence electrons. The molecule has 1 amide bonds. The van der Waals surface area contributed by atoms with Gasteiger partial charge in [0.1, 0.15) is 5.92 Å². The fourth-order valence-electron chi connectivity index (χ4n) is 1.73. The second-order valence-electron chi connectivity index (χ2n) is 3.85. The summed E-state index contributed by atoms with van der Waals surface area (Å²) in [5.41, 5.74) is 0.159. The van der Waals surface area contributed by atoms with Crippen LogP contribution in [0.25, 0.3) is 0 Å². The van der Waals surface area contributed by atoms with Crippen molar-refractivity contribution in [2.75, 3.05) is 11.9 Å². The van der Waals surface area contributed by atoms with Crippen molar-refractivity contribution in [3.63, 3.8) is 0 Å². The number of hydrogen-bond donors (Lipinski definition) is 2. The van der Waals surface area contributed by atoms with E-state index in [1.54, 1.807) is 12.1 Å². The molecule has 1 aliphatic heterocycles. The molecule has 0 aromatic heterocycles. The van der Waals surface area contributed by atoms with Gasteiger partial charge in [-0.3, -0.25) is 9.59 Å². The Bertz CT molecular complexity index is 511. The van der Waals surface area contributed by atoms with E-state index < -0.39 is 23.8 Å². The van der Waals surface area contributed by atoms with Crippen LogP contribution in [0.3, 0.4) is 0 Å². The molecule has 1 aromatic carbocycles. The van der Waals surface area contributed by atoms with E-state index in [2.05, 4.69) is 10.1 Å². The van der Waals surface area contributed by atoms with Crippen LogP contribution in [0.4, 0.5) is 5.69 Å². The summed E-state index contributed by atoms with van der Waals surface area (Å²) in [6, 6.07) is 6.02. The van der Waals surface area contributed by atoms with Crippen molar-refractivity contribution in [2.45, 2.75) is 6.42 Å². The first-order chi connectivity index (χ1) is 8.59. The minimum absolute atomic E-state index is 0.0165. The zero-order valence-corrected chi connectivity index (χ0v) is 9.38. The number of anilines is 1. The molecule has 0 saturated carbocycles. The van der Waals surface area contributed by atoms with E-state index >= 15 is 0 Å². The van der Waals surface area contributed by atoms with Crippen molar-refractivity contribution < 1.29 is 24.2 Å². The number of carboxylic acids is 1. The number of carboxylic acid groups (broad SMARTS) is 1. The first kappa shape index (κ1) is 12.1. The Balaban J connectivity index is 2.16. The molecule has 1 aliphatic rings. The van der Waals surface area contributed by atoms with Gasteiger partial charge in [0.2, 0.25) is 5.91 Å². The monoisotopic (exact) mass is 249 g/mol. The molecular weight excluding hydrogens is 238 g/mol. The van der Waals surface area contributed by atoms with Crippen LogP contribution < -0.4 is 5.32 Å². The van der Waals surface area contributed by atoms with Crippen molar-refractivity contribution in [1.29, 1.82) is 0 Å². The number of ether oxygens (including phenoxy) is 1. The largest absolute Gasteiger partial charge is 0.478 e. The second-order valence-corrected chi connectivity index (χ2v) is 3.85. The van der Waals surface area contributed by atoms with Crippen LogP contribution in [-0.2, 0) is 14.3 Å². The van der Waals surface area contributed by atoms with E-state index in [0.717, 1.165) is 0 Å². The van der Waals surface area contributed by atoms with Crippen LogP contribution >= 0.6 is 0 Å². The van der Waals surface area contributed by atoms with Gasteiger partial charge in [-0.15, -0.1) is 0 Å². The molecule has 6 heteroatoms. The predicted molar refractivity (Wildman–Crippen MR) is 61.1 cm³/mol. The molecule has 0 aliphatic carbocycles. The maximum atomic E-state index is 11.8. The van der Waals surface area contributed by atoms with Crippen LogP contribution in [0, 0.1) is 5.92 Å². The Kier molecular flexibility index (Phi) is 3.27. The zero-order chi connectivity index (χ0) is 13.1. The molecule has 1 atom stereocenters. The van der Waals surface area contributed by atoms with Crippen molar-refractivity contribution in [3.05, 3.63) is 29.8 Å². The van der Waals surface area contributed by atoms with Crippen LogP contribution in [-0.4, -0.2) is 29.6 Å². The third-order valence-corrected chi connectivity index (χ3v) is 2.67. The lowest BCUT2D eigenvalue weighted by atomic mass is 10.1. The third-order valence-electron chi connectivity index (χ3n) is 2.67. The fourth-order valence-corrected chi connectivity index (χ4v) is 1.73. The number of benzene rings is 1. The molecule has 0 bridgehead atoms. The standard InChI is InChI=1S/C12H11NO5/c14-10(8-5-6-18-12(8)17)13-9-4-2-1-3-7(9)11(15)16/h1-4,8H,5-6H2,(H,13,14)(H,15,16). The minimum atomic E-state index is -1.14. The first-order valence-electron chi connectivity index (χ1n) is 5.39. The topological polar surface area (TPSA) is 92.7 Å². The summed E-state index contributed by atoms with van der Waals surface area (Å²) in [5.74, 6) is -3.10. The summed E-state index contributed by atoms with van der Waals surface area (Å²) < 4.78 is 4.69. The Morgan fingerprint density at radius 3 is 2.67 bits per heavy atom. The van der Waals surface area contributed by atoms with Gasteiger partial charge in [0.25, 0.3) is 0 Å². The van der Waals surface area contributed by atoms with E-state index in [9.17, 15) is 14.4 Å². The van der Waals surface area contributed by atoms with Crippen LogP contribution in [0.15, 0.2) is 24.3 Å². The molecule has 2 rings (SSSR count). The van der Waals surface area contributed by atoms with Crippen LogP contribution in [0.1, 0.15) is 16.8 Å². The molecule has 1 heterocycles. The number of nitrogens with one attached hydrogen (secondary N) is 1. The van der Waals surface area contributed by atoms with E-state index in [4.69, 9.17) is 5.11 Å². The van der Waals surface area contributed by atoms with Gasteiger partial charge < -0.3 is 15.2 Å². The molecular formula is C12H11NO5. The summed E-state index contributed by atoms with van der Waals surface area (Å²) >= 11 is 0. The maximum absolute atomic E-state index is 11.8. The highest BCUT2D eigenvalue weighted by molar-refractivity contribution is 6.08. The Labute approximate surface area is 103 Å². The number of carbonyl (C=O) groups excluding carboxylic acids is 2. The van der Waals surface area contributed by atoms with Gasteiger partial charge in [-0.2, -0.15) is 0 Å². The van der Waals surface area contributed by atoms with Crippen molar-refractivity contribution in [2.24, 2.45) is 5.92 Å². The third kappa shape index (κ3) is 2.32. The summed E-state index contributed by atoms with van der Waals surface area (Å²) in [7, 11) is 0. The molecule has 0 radical (unpaired) electrons. The van der Waals surface area contributed by atoms with Crippen molar-refractivity contribution in [3.8, 4) is 0 Å². The second kappa shape index (κ2) is 4.87. The quantitative estimate of drug-likeness (QED) is 0.613. The average molecular weight is 249 g/mol. The minimum Gasteiger partial charge on any atom is -0.478 e. The van der Waals surface area contributed by atoms with Gasteiger partial charge in [0, 0.05) is 6.42 Å². The Hall–Kier alpha value is -2.37. The molecule has 18 heavy (non-hydrogen) atoms. The summed E-state index contributed by atoms with van der Waals surface area (Å²) in [5, 5.41) is 11.4. The number of carbonyl (C=O) groups is 3. The predicted octanol–water partition coefficient (Wildman–Crippen LogP) is 0.886. The van der Waals surface area contributed by atoms with E-state index in [1.807, 2.05) is 0 Å². The van der Waals surface area contributed by atoms with Crippen molar-refractivity contribution in [1.82, 2.24) is 0 Å². The number of para-hydroxylation sites is 1. The van der Waals surface area contributed by atoms with Crippen LogP contribution in [0.2, 0.25) is 0 Å². The summed E-state index contributed by atoms with van der Waals surface area (Å²) in [4.78, 5) is 34.0. The lowest BCUT2D eigenvalue weighted by Crippen LogP contribution is -2.27. The number of cyclic esters (lactones) is 1. The molecule has 6 nitrogen and oxygen atoms in total. The lowest BCUT2D eigenvalue weighted by Gasteiger charge is -2.10. The Morgan fingerprint density at radius 1 is 1.33 bits per heavy atom. The Morgan fingerprint density at radius 2 is 2.06 bits per heavy atom. The number of esters is 1. The molecule has 1 aromatic rings. The number of hydrogen-bond acceptors (Lipinski definition) is 4. The SMILES string of the molecule is O=C(O)c1ccccc1NC(=O)C1CCOC1=O. The highest BCUT2D eigenvalue weighted by Gasteiger charge is 2.33. The van der Waals surface area contributed by atoms with Crippen LogP contribution in [0.5, 0.6) is 0 Å². The first-order valence-corrected chi connectivity index (χ1v) is 5.39. The van der Waals surface area contributed by atoms with Gasteiger partial charge in [0.05, 0.1) is 17.9 Å². The molecule has 1 unspecified atom stereocenters. The normalized spacial score (nSPS) is 18.2. The number of aromatic carboxylic acids is 1. The smallest absolute Gasteiger partial charge is 0.337 e. The fraction of sp³-hybridized carbons (Fsp3) is 0.250. The van der Waals surface area contributed by atoms with Crippen molar-refractivity contribution >= 4 is 23.5 Å². The van der Waals surface area contributed by atoms with Gasteiger partial charge in [0.15, 0.2) is 0 Å². The van der Waals surface area contributed by atoms with Gasteiger partial charge in [-0.1, -0.05) is 12.1 Å². The highest BCUT2D eigenvalue weighted by Crippen LogP contribution is 2.20. The highest BCUT2D eigenvalue weighted by atomic mass is 16.5. The van der Waals surface area contributed by atoms with E-state index in [1.165, 1.54) is 12.1 Å². The molecule has 1 saturated heterocycles. The summed E-state index contributed by atoms with van der Waals surface area (Å²) in [6.45, 7) is 0.220. The lowest BCUT2D eigenvalue weighted by molar-refractivity contribution is -0.143. The summed E-state index contributed by atoms with van der Waals surface area (Å²) in [6.07, 6.45) is 0.319. The van der Waals surface area contributed by atoms with Gasteiger partial charge in [-0.25, -0.2) is 4.79 Å². The van der Waals surface area contributed by atoms with Gasteiger partial charge >= 0.3 is 11.9 Å². The zero-order valence-electron chi connectivity index (χ0n) is 9.38. The average Bonchev–Trinajstić information content (AvgIpc) is 2.76. The number of amides is 1. The number of rotatable bonds is 3. The molecule has 2 N–H and O–H groups in total. The molecule has 1 fully saturated rings. The van der Waals surface area contributed by atoms with Gasteiger partial charge in [-0.05, 0) is 12.1 Å². The van der Waals surface area contributed by atoms with E-state index in [-0.39, 0.29) is 17.9 Å². The maximum Gasteiger partial charge on any atom is 0.337 e. The van der Waals surface area contributed by atoms with E-state index in [0.29, 0.717) is 6.42 Å². The molecule has 0 spiro atoms.